The van der Waals surface area contributed by atoms with Crippen molar-refractivity contribution in [1.29, 1.82) is 0 Å². The summed E-state index contributed by atoms with van der Waals surface area (Å²) in [5.41, 5.74) is 10.9. The number of benzene rings is 5. The molecule has 0 atom stereocenters. The maximum Gasteiger partial charge on any atom is 0.136 e. The summed E-state index contributed by atoms with van der Waals surface area (Å²) in [6.07, 6.45) is -1.22. The van der Waals surface area contributed by atoms with Gasteiger partial charge in [-0.1, -0.05) is 139 Å². The molecule has 5 aromatic rings. The maximum atomic E-state index is 2.26. The Morgan fingerprint density at radius 1 is 0.432 bits per heavy atom. The van der Waals surface area contributed by atoms with Gasteiger partial charge in [-0.25, -0.2) is 0 Å². The summed E-state index contributed by atoms with van der Waals surface area (Å²) in [4.78, 5) is 1.41. The van der Waals surface area contributed by atoms with Crippen LogP contribution in [0.5, 0.6) is 0 Å². The Balaban J connectivity index is 0.000000225. The van der Waals surface area contributed by atoms with Crippen molar-refractivity contribution in [3.63, 3.8) is 0 Å². The molecule has 0 amide bonds. The second-order valence-electron chi connectivity index (χ2n) is 10.3. The van der Waals surface area contributed by atoms with Gasteiger partial charge in [-0.2, -0.15) is 21.9 Å². The highest BCUT2D eigenvalue weighted by molar-refractivity contribution is 7.19. The molecule has 0 aliphatic rings. The summed E-state index contributed by atoms with van der Waals surface area (Å²) in [6, 6.07) is 48.0. The lowest BCUT2D eigenvalue weighted by atomic mass is 9.13. The van der Waals surface area contributed by atoms with Gasteiger partial charge in [-0.15, -0.1) is 0 Å². The molecule has 2 heteroatoms. The van der Waals surface area contributed by atoms with Crippen LogP contribution in [-0.2, 0) is 0 Å². The zero-order valence-corrected chi connectivity index (χ0v) is 22.8. The smallest absolute Gasteiger partial charge is 0.136 e. The van der Waals surface area contributed by atoms with Crippen molar-refractivity contribution in [3.05, 3.63) is 150 Å². The Bertz CT molecular complexity index is 1210. The number of aryl methyl sites for hydroxylation is 3. The molecule has 0 aliphatic heterocycles. The molecule has 5 rings (SSSR count). The first-order valence-electron chi connectivity index (χ1n) is 13.2. The molecule has 186 valence electrons. The molecular weight excluding hydrogens is 445 g/mol. The molecule has 5 aromatic carbocycles. The van der Waals surface area contributed by atoms with Gasteiger partial charge in [-0.05, 0) is 20.8 Å². The Morgan fingerprint density at radius 3 is 0.946 bits per heavy atom. The highest BCUT2D eigenvalue weighted by Gasteiger charge is 2.31. The van der Waals surface area contributed by atoms with E-state index >= 15 is 0 Å². The van der Waals surface area contributed by atoms with E-state index in [2.05, 4.69) is 168 Å². The second kappa shape index (κ2) is 11.9. The lowest BCUT2D eigenvalue weighted by Gasteiger charge is -2.44. The van der Waals surface area contributed by atoms with Gasteiger partial charge in [0.05, 0.1) is 14.1 Å². The molecule has 0 saturated heterocycles. The van der Waals surface area contributed by atoms with E-state index in [0.29, 0.717) is 0 Å². The number of nitrogens with one attached hydrogen (secondary N) is 1. The van der Waals surface area contributed by atoms with E-state index in [9.17, 15) is 0 Å². The van der Waals surface area contributed by atoms with Crippen LogP contribution < -0.4 is 26.8 Å². The third-order valence-electron chi connectivity index (χ3n) is 7.38. The fourth-order valence-electron chi connectivity index (χ4n) is 6.09. The summed E-state index contributed by atoms with van der Waals surface area (Å²) in [5.74, 6) is 0. The van der Waals surface area contributed by atoms with Crippen molar-refractivity contribution in [2.45, 2.75) is 20.8 Å². The average Bonchev–Trinajstić information content (AvgIpc) is 2.91. The predicted molar refractivity (Wildman–Crippen MR) is 163 cm³/mol. The van der Waals surface area contributed by atoms with Gasteiger partial charge in [0, 0.05) is 11.1 Å². The van der Waals surface area contributed by atoms with Crippen molar-refractivity contribution in [1.82, 2.24) is 0 Å². The number of hydrogen-bond acceptors (Lipinski definition) is 0. The van der Waals surface area contributed by atoms with Crippen molar-refractivity contribution >= 4 is 33.7 Å². The molecule has 0 aromatic heterocycles. The molecule has 1 nitrogen and oxygen atoms in total. The van der Waals surface area contributed by atoms with Gasteiger partial charge in [-0.3, -0.25) is 0 Å². The third-order valence-corrected chi connectivity index (χ3v) is 7.38. The van der Waals surface area contributed by atoms with Gasteiger partial charge in [0.25, 0.3) is 0 Å². The first kappa shape index (κ1) is 26.2. The van der Waals surface area contributed by atoms with E-state index in [-0.39, 0.29) is 0 Å². The van der Waals surface area contributed by atoms with Crippen molar-refractivity contribution in [2.24, 2.45) is 0 Å². The Labute approximate surface area is 223 Å². The lowest BCUT2D eigenvalue weighted by molar-refractivity contribution is -0.787. The summed E-state index contributed by atoms with van der Waals surface area (Å²) in [6.45, 7) is 6.51. The normalized spacial score (nSPS) is 11.1. The summed E-state index contributed by atoms with van der Waals surface area (Å²) in [5, 5.41) is 0. The molecule has 37 heavy (non-hydrogen) atoms. The minimum absolute atomic E-state index is 1.22. The van der Waals surface area contributed by atoms with Gasteiger partial charge < -0.3 is 4.90 Å². The molecule has 0 heterocycles. The first-order chi connectivity index (χ1) is 17.9. The van der Waals surface area contributed by atoms with E-state index in [1.165, 1.54) is 49.1 Å². The van der Waals surface area contributed by atoms with Crippen LogP contribution in [-0.4, -0.2) is 20.2 Å². The van der Waals surface area contributed by atoms with Gasteiger partial charge in [0.1, 0.15) is 11.8 Å². The lowest BCUT2D eigenvalue weighted by Crippen LogP contribution is -3.00. The fraction of sp³-hybridized carbons (Fsp3) is 0.143. The summed E-state index contributed by atoms with van der Waals surface area (Å²) in [7, 11) is 4.34. The van der Waals surface area contributed by atoms with Crippen LogP contribution in [0, 0.1) is 20.8 Å². The Morgan fingerprint density at radius 2 is 0.703 bits per heavy atom. The monoisotopic (exact) mass is 483 g/mol. The molecule has 0 bridgehead atoms. The zero-order valence-electron chi connectivity index (χ0n) is 22.8. The minimum Gasteiger partial charge on any atom is -0.307 e. The first-order valence-corrected chi connectivity index (χ1v) is 13.2. The van der Waals surface area contributed by atoms with Crippen LogP contribution in [0.4, 0.5) is 5.69 Å². The Hall–Kier alpha value is -3.88. The minimum atomic E-state index is -1.22. The van der Waals surface area contributed by atoms with Crippen molar-refractivity contribution in [2.75, 3.05) is 14.1 Å². The van der Waals surface area contributed by atoms with E-state index in [1.807, 2.05) is 0 Å². The highest BCUT2D eigenvalue weighted by atomic mass is 15.1. The van der Waals surface area contributed by atoms with Crippen molar-refractivity contribution < 1.29 is 4.90 Å². The summed E-state index contributed by atoms with van der Waals surface area (Å²) >= 11 is 0. The molecular formula is C35H38BN. The zero-order chi connectivity index (χ0) is 26.3. The molecule has 0 saturated carbocycles. The maximum absolute atomic E-state index is 2.26. The standard InChI is InChI=1S/C24H20B.C11H17N/c1-5-13-21(14-6-1)25(22-15-7-2-8-16-22,23-17-9-3-10-18-23)24-19-11-4-12-20-24;1-8-6-9(2)11(12(4)5)10(3)7-8/h1-20H;6-7H,1-5H3/q-1;/p+1. The molecule has 0 fully saturated rings. The SMILES string of the molecule is Cc1cc(C)c([NH+](C)C)c(C)c1.c1ccc([B-](c2ccccc2)(c2ccccc2)c2ccccc2)cc1. The number of quaternary nitrogens is 1. The molecule has 1 N–H and O–H groups in total. The number of hydrogen-bond donors (Lipinski definition) is 1. The van der Waals surface area contributed by atoms with E-state index in [4.69, 9.17) is 0 Å². The molecule has 0 radical (unpaired) electrons. The molecule has 0 unspecified atom stereocenters. The highest BCUT2D eigenvalue weighted by Crippen LogP contribution is 2.17. The van der Waals surface area contributed by atoms with Crippen LogP contribution in [0.25, 0.3) is 0 Å². The van der Waals surface area contributed by atoms with Gasteiger partial charge in [0.2, 0.25) is 0 Å². The fourth-order valence-corrected chi connectivity index (χ4v) is 6.09. The van der Waals surface area contributed by atoms with Crippen LogP contribution in [0.1, 0.15) is 16.7 Å². The van der Waals surface area contributed by atoms with Gasteiger partial charge in [0.15, 0.2) is 0 Å². The topological polar surface area (TPSA) is 4.44 Å². The molecule has 0 spiro atoms. The van der Waals surface area contributed by atoms with E-state index < -0.39 is 6.15 Å². The Kier molecular flexibility index (Phi) is 8.43. The average molecular weight is 484 g/mol. The van der Waals surface area contributed by atoms with E-state index in [1.54, 1.807) is 0 Å². The largest absolute Gasteiger partial charge is 0.307 e. The van der Waals surface area contributed by atoms with Gasteiger partial charge >= 0.3 is 0 Å². The number of rotatable bonds is 5. The summed E-state index contributed by atoms with van der Waals surface area (Å²) < 4.78 is 0. The van der Waals surface area contributed by atoms with Crippen molar-refractivity contribution in [3.8, 4) is 0 Å². The second-order valence-corrected chi connectivity index (χ2v) is 10.3. The molecule has 0 aliphatic carbocycles. The quantitative estimate of drug-likeness (QED) is 0.353. The van der Waals surface area contributed by atoms with E-state index in [0.717, 1.165) is 0 Å². The van der Waals surface area contributed by atoms with Crippen LogP contribution in [0.2, 0.25) is 0 Å². The van der Waals surface area contributed by atoms with Crippen LogP contribution in [0.15, 0.2) is 133 Å². The van der Waals surface area contributed by atoms with Crippen LogP contribution in [0.3, 0.4) is 0 Å². The van der Waals surface area contributed by atoms with Crippen LogP contribution >= 0.6 is 0 Å². The third kappa shape index (κ3) is 5.60. The predicted octanol–water partition coefficient (Wildman–Crippen LogP) is 4.45.